The first-order valence-corrected chi connectivity index (χ1v) is 9.21. The molecule has 2 heterocycles. The van der Waals surface area contributed by atoms with Crippen molar-refractivity contribution in [2.24, 2.45) is 4.99 Å². The van der Waals surface area contributed by atoms with Crippen LogP contribution < -0.4 is 10.6 Å². The molecule has 2 aliphatic rings. The summed E-state index contributed by atoms with van der Waals surface area (Å²) in [4.78, 5) is 6.91. The van der Waals surface area contributed by atoms with Gasteiger partial charge in [0.15, 0.2) is 5.96 Å². The molecule has 0 aliphatic carbocycles. The predicted octanol–water partition coefficient (Wildman–Crippen LogP) is 1.22. The summed E-state index contributed by atoms with van der Waals surface area (Å²) in [6.07, 6.45) is 6.19. The fourth-order valence-corrected chi connectivity index (χ4v) is 3.25. The van der Waals surface area contributed by atoms with Crippen molar-refractivity contribution in [3.05, 3.63) is 0 Å². The van der Waals surface area contributed by atoms with Gasteiger partial charge in [0, 0.05) is 39.4 Å². The number of hydrogen-bond acceptors (Lipinski definition) is 4. The van der Waals surface area contributed by atoms with Crippen LogP contribution in [0.4, 0.5) is 0 Å². The molecule has 0 aromatic rings. The van der Waals surface area contributed by atoms with Crippen LogP contribution in [0.15, 0.2) is 4.99 Å². The predicted molar refractivity (Wildman–Crippen MR) is 94.0 cm³/mol. The van der Waals surface area contributed by atoms with Gasteiger partial charge in [-0.25, -0.2) is 0 Å². The Kier molecular flexibility index (Phi) is 8.71. The molecule has 6 nitrogen and oxygen atoms in total. The second-order valence-electron chi connectivity index (χ2n) is 6.39. The lowest BCUT2D eigenvalue weighted by atomic mass is 10.2. The van der Waals surface area contributed by atoms with E-state index in [1.165, 1.54) is 32.4 Å². The van der Waals surface area contributed by atoms with Crippen molar-refractivity contribution in [3.8, 4) is 0 Å². The van der Waals surface area contributed by atoms with Crippen LogP contribution in [0.3, 0.4) is 0 Å². The monoisotopic (exact) mass is 326 g/mol. The van der Waals surface area contributed by atoms with Gasteiger partial charge >= 0.3 is 0 Å². The minimum Gasteiger partial charge on any atom is -0.379 e. The normalized spacial score (nSPS) is 24.1. The zero-order chi connectivity index (χ0) is 16.3. The third-order valence-corrected chi connectivity index (χ3v) is 4.71. The molecular formula is C17H34N4O2. The summed E-state index contributed by atoms with van der Waals surface area (Å²) in [5.74, 6) is 0.895. The van der Waals surface area contributed by atoms with Gasteiger partial charge in [0.1, 0.15) is 0 Å². The summed E-state index contributed by atoms with van der Waals surface area (Å²) in [5.41, 5.74) is 0. The number of nitrogens with zero attached hydrogens (tertiary/aromatic N) is 2. The lowest BCUT2D eigenvalue weighted by Gasteiger charge is -2.27. The third kappa shape index (κ3) is 6.65. The lowest BCUT2D eigenvalue weighted by molar-refractivity contribution is 0.0420. The van der Waals surface area contributed by atoms with Crippen molar-refractivity contribution in [1.82, 2.24) is 15.5 Å². The Balaban J connectivity index is 1.55. The standard InChI is InChI=1S/C17H34N4O2/c1-3-15(21-9-4-5-10-21)13-20-17(18-2)19-8-6-11-23-16-7-12-22-14-16/h15-16H,3-14H2,1-2H3,(H2,18,19,20). The van der Waals surface area contributed by atoms with Crippen LogP contribution in [0, 0.1) is 0 Å². The molecule has 0 amide bonds. The average molecular weight is 326 g/mol. The number of ether oxygens (including phenoxy) is 2. The molecule has 0 bridgehead atoms. The van der Waals surface area contributed by atoms with E-state index >= 15 is 0 Å². The van der Waals surface area contributed by atoms with Crippen molar-refractivity contribution in [2.45, 2.75) is 51.2 Å². The van der Waals surface area contributed by atoms with Crippen LogP contribution in [-0.4, -0.2) is 76.1 Å². The highest BCUT2D eigenvalue weighted by atomic mass is 16.5. The van der Waals surface area contributed by atoms with Gasteiger partial charge in [-0.3, -0.25) is 9.89 Å². The molecule has 2 atom stereocenters. The number of aliphatic imine (C=N–C) groups is 1. The van der Waals surface area contributed by atoms with Crippen LogP contribution >= 0.6 is 0 Å². The highest BCUT2D eigenvalue weighted by Crippen LogP contribution is 2.13. The number of hydrogen-bond donors (Lipinski definition) is 2. The van der Waals surface area contributed by atoms with E-state index in [0.29, 0.717) is 12.1 Å². The zero-order valence-electron chi connectivity index (χ0n) is 14.9. The highest BCUT2D eigenvalue weighted by molar-refractivity contribution is 5.79. The van der Waals surface area contributed by atoms with E-state index < -0.39 is 0 Å². The number of guanidine groups is 1. The first-order valence-electron chi connectivity index (χ1n) is 9.21. The topological polar surface area (TPSA) is 58.1 Å². The second kappa shape index (κ2) is 10.8. The molecular weight excluding hydrogens is 292 g/mol. The lowest BCUT2D eigenvalue weighted by Crippen LogP contribution is -2.46. The molecule has 0 aromatic carbocycles. The third-order valence-electron chi connectivity index (χ3n) is 4.71. The van der Waals surface area contributed by atoms with E-state index in [4.69, 9.17) is 9.47 Å². The van der Waals surface area contributed by atoms with Crippen LogP contribution in [0.5, 0.6) is 0 Å². The molecule has 2 fully saturated rings. The average Bonchev–Trinajstić information content (AvgIpc) is 3.27. The Morgan fingerprint density at radius 2 is 2.17 bits per heavy atom. The first-order chi connectivity index (χ1) is 11.3. The second-order valence-corrected chi connectivity index (χ2v) is 6.39. The molecule has 2 rings (SSSR count). The van der Waals surface area contributed by atoms with E-state index in [9.17, 15) is 0 Å². The maximum Gasteiger partial charge on any atom is 0.191 e. The highest BCUT2D eigenvalue weighted by Gasteiger charge is 2.20. The minimum atomic E-state index is 0.304. The van der Waals surface area contributed by atoms with Gasteiger partial charge in [-0.2, -0.15) is 0 Å². The maximum atomic E-state index is 5.77. The van der Waals surface area contributed by atoms with Gasteiger partial charge in [-0.05, 0) is 45.2 Å². The summed E-state index contributed by atoms with van der Waals surface area (Å²) in [7, 11) is 1.83. The minimum absolute atomic E-state index is 0.304. The number of rotatable bonds is 9. The smallest absolute Gasteiger partial charge is 0.191 e. The van der Waals surface area contributed by atoms with Gasteiger partial charge in [-0.1, -0.05) is 6.92 Å². The largest absolute Gasteiger partial charge is 0.379 e. The van der Waals surface area contributed by atoms with Gasteiger partial charge in [0.05, 0.1) is 12.7 Å². The van der Waals surface area contributed by atoms with Gasteiger partial charge in [0.2, 0.25) is 0 Å². The molecule has 0 aromatic heterocycles. The van der Waals surface area contributed by atoms with Crippen LogP contribution in [-0.2, 0) is 9.47 Å². The van der Waals surface area contributed by atoms with Crippen molar-refractivity contribution in [2.75, 3.05) is 53.0 Å². The van der Waals surface area contributed by atoms with Crippen molar-refractivity contribution in [3.63, 3.8) is 0 Å². The molecule has 0 saturated carbocycles. The first kappa shape index (κ1) is 18.5. The van der Waals surface area contributed by atoms with Crippen LogP contribution in [0.25, 0.3) is 0 Å². The quantitative estimate of drug-likeness (QED) is 0.379. The molecule has 2 unspecified atom stereocenters. The SMILES string of the molecule is CCC(CNC(=NC)NCCCOC1CCOC1)N1CCCC1. The fourth-order valence-electron chi connectivity index (χ4n) is 3.25. The van der Waals surface area contributed by atoms with Gasteiger partial charge in [-0.15, -0.1) is 0 Å². The summed E-state index contributed by atoms with van der Waals surface area (Å²) >= 11 is 0. The Labute approximate surface area is 141 Å². The Morgan fingerprint density at radius 1 is 1.35 bits per heavy atom. The number of likely N-dealkylation sites (tertiary alicyclic amines) is 1. The van der Waals surface area contributed by atoms with Crippen molar-refractivity contribution < 1.29 is 9.47 Å². The zero-order valence-corrected chi connectivity index (χ0v) is 14.9. The Bertz CT molecular complexity index is 339. The summed E-state index contributed by atoms with van der Waals surface area (Å²) in [6.45, 7) is 8.98. The fraction of sp³-hybridized carbons (Fsp3) is 0.941. The summed E-state index contributed by atoms with van der Waals surface area (Å²) in [5, 5.41) is 6.84. The maximum absolute atomic E-state index is 5.77. The van der Waals surface area contributed by atoms with Gasteiger partial charge < -0.3 is 20.1 Å². The molecule has 2 saturated heterocycles. The molecule has 23 heavy (non-hydrogen) atoms. The number of nitrogens with one attached hydrogen (secondary N) is 2. The van der Waals surface area contributed by atoms with E-state index in [-0.39, 0.29) is 0 Å². The van der Waals surface area contributed by atoms with Crippen molar-refractivity contribution >= 4 is 5.96 Å². The van der Waals surface area contributed by atoms with Gasteiger partial charge in [0.25, 0.3) is 0 Å². The molecule has 0 radical (unpaired) electrons. The molecule has 6 heteroatoms. The molecule has 134 valence electrons. The van der Waals surface area contributed by atoms with E-state index in [1.54, 1.807) is 0 Å². The summed E-state index contributed by atoms with van der Waals surface area (Å²) < 4.78 is 11.1. The van der Waals surface area contributed by atoms with E-state index in [2.05, 4.69) is 27.4 Å². The van der Waals surface area contributed by atoms with Crippen LogP contribution in [0.2, 0.25) is 0 Å². The summed E-state index contributed by atoms with van der Waals surface area (Å²) in [6, 6.07) is 0.613. The molecule has 0 spiro atoms. The van der Waals surface area contributed by atoms with Crippen molar-refractivity contribution in [1.29, 1.82) is 0 Å². The van der Waals surface area contributed by atoms with E-state index in [0.717, 1.165) is 51.7 Å². The molecule has 2 aliphatic heterocycles. The Hall–Kier alpha value is -0.850. The van der Waals surface area contributed by atoms with Crippen LogP contribution in [0.1, 0.15) is 39.0 Å². The Morgan fingerprint density at radius 3 is 2.83 bits per heavy atom. The van der Waals surface area contributed by atoms with E-state index in [1.807, 2.05) is 7.05 Å². The molecule has 2 N–H and O–H groups in total.